The Labute approximate surface area is 407 Å². The van der Waals surface area contributed by atoms with Crippen LogP contribution in [0.25, 0.3) is 11.2 Å². The predicted molar refractivity (Wildman–Crippen MR) is 256 cm³/mol. The van der Waals surface area contributed by atoms with Crippen molar-refractivity contribution >= 4 is 69.1 Å². The number of nitrogens with one attached hydrogen (secondary N) is 2. The summed E-state index contributed by atoms with van der Waals surface area (Å²) in [6.07, 6.45) is 5.36. The fraction of sp³-hybridized carbons (Fsp3) is 0.756. The lowest BCUT2D eigenvalue weighted by atomic mass is 9.87. The molecule has 1 aliphatic rings. The third kappa shape index (κ3) is 21.9. The third-order valence-electron chi connectivity index (χ3n) is 11.3. The van der Waals surface area contributed by atoms with Gasteiger partial charge in [-0.2, -0.15) is 4.31 Å². The minimum Gasteiger partial charge on any atom is -0.386 e. The maximum Gasteiger partial charge on any atom is 0.481 e. The number of amides is 2. The molecule has 2 aromatic rings. The van der Waals surface area contributed by atoms with E-state index in [1.165, 1.54) is 52.4 Å². The number of nitrogens with zero attached hydrogens (tertiary/aromatic N) is 4. The minimum atomic E-state index is -5.58. The molecule has 0 saturated carbocycles. The number of aliphatic hydroxyl groups is 2. The molecule has 1 saturated heterocycles. The highest BCUT2D eigenvalue weighted by atomic mass is 32.2. The Bertz CT molecular complexity index is 2160. The Morgan fingerprint density at radius 1 is 0.913 bits per heavy atom. The van der Waals surface area contributed by atoms with Crippen LogP contribution in [0, 0.1) is 23.2 Å². The summed E-state index contributed by atoms with van der Waals surface area (Å²) in [7, 11) is -16.4. The van der Waals surface area contributed by atoms with E-state index in [1.807, 2.05) is 6.92 Å². The predicted octanol–water partition coefficient (Wildman–Crippen LogP) is 5.05. The Kier molecular flexibility index (Phi) is 24.5. The molecule has 69 heavy (non-hydrogen) atoms. The van der Waals surface area contributed by atoms with Crippen molar-refractivity contribution in [2.45, 2.75) is 143 Å². The van der Waals surface area contributed by atoms with E-state index in [1.54, 1.807) is 6.08 Å². The number of hydrogen-bond acceptors (Lipinski definition) is 18. The van der Waals surface area contributed by atoms with Gasteiger partial charge in [0, 0.05) is 30.7 Å². The van der Waals surface area contributed by atoms with Crippen LogP contribution in [0.2, 0.25) is 0 Å². The molecular formula is C41H72N7O17P3S. The van der Waals surface area contributed by atoms with Gasteiger partial charge >= 0.3 is 23.5 Å². The van der Waals surface area contributed by atoms with E-state index >= 15 is 0 Å². The normalized spacial score (nSPS) is 21.2. The Morgan fingerprint density at radius 3 is 2.17 bits per heavy atom. The number of nitrogen functional groups attached to an aromatic ring is 1. The lowest BCUT2D eigenvalue weighted by molar-refractivity contribution is -0.137. The Hall–Kier alpha value is -2.70. The smallest absolute Gasteiger partial charge is 0.386 e. The molecule has 9 atom stereocenters. The molecule has 394 valence electrons. The average molecular weight is 1060 g/mol. The molecule has 0 spiro atoms. The number of aliphatic hydroxyl groups excluding tert-OH is 2. The number of ether oxygens (including phenoxy) is 1. The van der Waals surface area contributed by atoms with Crippen LogP contribution in [-0.4, -0.2) is 123 Å². The van der Waals surface area contributed by atoms with Crippen LogP contribution in [-0.2, 0) is 50.7 Å². The highest BCUT2D eigenvalue weighted by Crippen LogP contribution is 2.61. The van der Waals surface area contributed by atoms with Gasteiger partial charge in [-0.05, 0) is 43.6 Å². The molecular weight excluding hydrogens is 987 g/mol. The zero-order chi connectivity index (χ0) is 51.7. The van der Waals surface area contributed by atoms with Gasteiger partial charge in [-0.3, -0.25) is 32.5 Å². The second kappa shape index (κ2) is 27.9. The molecule has 1 fully saturated rings. The van der Waals surface area contributed by atoms with Crippen molar-refractivity contribution in [2.75, 3.05) is 37.8 Å². The number of rotatable bonds is 32. The molecule has 10 N–H and O–H groups in total. The summed E-state index contributed by atoms with van der Waals surface area (Å²) in [6.45, 7) is 11.6. The van der Waals surface area contributed by atoms with Crippen LogP contribution in [0.15, 0.2) is 24.3 Å². The third-order valence-corrected chi connectivity index (χ3v) is 15.2. The molecule has 0 bridgehead atoms. The van der Waals surface area contributed by atoms with Gasteiger partial charge in [0.1, 0.15) is 36.3 Å². The van der Waals surface area contributed by atoms with Crippen molar-refractivity contribution in [3.05, 3.63) is 24.3 Å². The van der Waals surface area contributed by atoms with E-state index in [0.29, 0.717) is 11.7 Å². The van der Waals surface area contributed by atoms with Gasteiger partial charge in [-0.25, -0.2) is 28.6 Å². The highest BCUT2D eigenvalue weighted by molar-refractivity contribution is 8.14. The molecule has 3 heterocycles. The molecule has 3 rings (SSSR count). The molecule has 24 nitrogen and oxygen atoms in total. The van der Waals surface area contributed by atoms with Gasteiger partial charge in [0.2, 0.25) is 16.9 Å². The van der Waals surface area contributed by atoms with E-state index in [0.717, 1.165) is 65.7 Å². The Balaban J connectivity index is 1.35. The zero-order valence-electron chi connectivity index (χ0n) is 40.2. The molecule has 1 aliphatic heterocycles. The number of phosphoric ester groups is 3. The fourth-order valence-electron chi connectivity index (χ4n) is 7.30. The van der Waals surface area contributed by atoms with Crippen molar-refractivity contribution in [1.29, 1.82) is 0 Å². The SMILES string of the molecule is C/C(=C\C(=O)SCCNC(=O)CCNC(=O)[C@H](O)C(C)(C)COP(=O)(O)OP(=O)(O)OC[C@H]1O[C@@H](n2cnc3c(N)ncnc32)[C@H](O)[C@@H]1OP(=O)(O)O)CCC[C@H](C)CCC[C@H](C)CCCC(C)C. The number of allylic oxidation sites excluding steroid dienone is 1. The van der Waals surface area contributed by atoms with Crippen LogP contribution < -0.4 is 16.4 Å². The van der Waals surface area contributed by atoms with E-state index in [9.17, 15) is 57.9 Å². The van der Waals surface area contributed by atoms with Gasteiger partial charge in [0.15, 0.2) is 17.7 Å². The number of anilines is 1. The number of fused-ring (bicyclic) bond motifs is 1. The summed E-state index contributed by atoms with van der Waals surface area (Å²) in [5.74, 6) is 1.08. The maximum atomic E-state index is 12.8. The number of carbonyl (C=O) groups excluding carboxylic acids is 3. The second-order valence-electron chi connectivity index (χ2n) is 18.6. The number of nitrogens with two attached hydrogens (primary N) is 1. The van der Waals surface area contributed by atoms with Gasteiger partial charge in [0.25, 0.3) is 0 Å². The summed E-state index contributed by atoms with van der Waals surface area (Å²) in [4.78, 5) is 88.8. The van der Waals surface area contributed by atoms with Crippen molar-refractivity contribution in [2.24, 2.45) is 23.2 Å². The van der Waals surface area contributed by atoms with E-state index in [2.05, 4.69) is 62.1 Å². The van der Waals surface area contributed by atoms with E-state index < -0.39 is 84.6 Å². The molecule has 0 radical (unpaired) electrons. The molecule has 28 heteroatoms. The van der Waals surface area contributed by atoms with E-state index in [-0.39, 0.29) is 41.6 Å². The second-order valence-corrected chi connectivity index (χ2v) is 23.9. The largest absolute Gasteiger partial charge is 0.481 e. The van der Waals surface area contributed by atoms with Crippen LogP contribution in [0.4, 0.5) is 5.82 Å². The maximum absolute atomic E-state index is 12.8. The topological polar surface area (TPSA) is 364 Å². The van der Waals surface area contributed by atoms with Crippen molar-refractivity contribution in [3.63, 3.8) is 0 Å². The van der Waals surface area contributed by atoms with Crippen LogP contribution in [0.1, 0.15) is 119 Å². The first-order valence-electron chi connectivity index (χ1n) is 22.8. The molecule has 0 aliphatic carbocycles. The first-order valence-corrected chi connectivity index (χ1v) is 28.3. The van der Waals surface area contributed by atoms with Crippen molar-refractivity contribution in [1.82, 2.24) is 30.2 Å². The van der Waals surface area contributed by atoms with Gasteiger partial charge in [0.05, 0.1) is 19.5 Å². The van der Waals surface area contributed by atoms with Crippen LogP contribution in [0.3, 0.4) is 0 Å². The summed E-state index contributed by atoms with van der Waals surface area (Å²) < 4.78 is 62.5. The van der Waals surface area contributed by atoms with Gasteiger partial charge in [-0.1, -0.05) is 104 Å². The summed E-state index contributed by atoms with van der Waals surface area (Å²) in [5.41, 5.74) is 5.29. The van der Waals surface area contributed by atoms with Gasteiger partial charge < -0.3 is 50.9 Å². The Morgan fingerprint density at radius 2 is 1.54 bits per heavy atom. The molecule has 2 aromatic heterocycles. The molecule has 2 amide bonds. The van der Waals surface area contributed by atoms with Crippen LogP contribution in [0.5, 0.6) is 0 Å². The highest BCUT2D eigenvalue weighted by Gasteiger charge is 2.50. The number of thioether (sulfide) groups is 1. The molecule has 0 aromatic carbocycles. The van der Waals surface area contributed by atoms with Gasteiger partial charge in [-0.15, -0.1) is 0 Å². The minimum absolute atomic E-state index is 0.0319. The number of carbonyl (C=O) groups is 3. The first-order chi connectivity index (χ1) is 32.1. The standard InChI is InChI=1S/C41H72N7O17P3S/c1-26(2)11-8-12-27(3)13-9-14-28(4)15-10-16-29(5)21-32(50)69-20-19-43-31(49)17-18-44-39(53)36(52)41(6,7)23-62-68(59,60)65-67(57,58)61-22-30-35(64-66(54,55)56)34(51)40(63-30)48-25-47-33-37(42)45-24-46-38(33)48/h21,24-28,30,34-36,40,51-52H,8-20,22-23H2,1-7H3,(H,43,49)(H,44,53)(H,57,58)(H,59,60)(H2,42,45,46)(H2,54,55,56)/b29-21+/t27-,28-,30-,34-,35-,36+,40-/m1/s1. The monoisotopic (exact) mass is 1060 g/mol. The number of hydrogen-bond donors (Lipinski definition) is 9. The van der Waals surface area contributed by atoms with Crippen molar-refractivity contribution in [3.8, 4) is 0 Å². The molecule has 2 unspecified atom stereocenters. The summed E-state index contributed by atoms with van der Waals surface area (Å²) in [6, 6.07) is 0. The number of phosphoric acid groups is 3. The van der Waals surface area contributed by atoms with E-state index in [4.69, 9.17) is 19.5 Å². The summed E-state index contributed by atoms with van der Waals surface area (Å²) >= 11 is 1.08. The lowest BCUT2D eigenvalue weighted by Gasteiger charge is -2.30. The fourth-order valence-corrected chi connectivity index (χ4v) is 10.8. The summed E-state index contributed by atoms with van der Waals surface area (Å²) in [5, 5.41) is 26.5. The number of aromatic nitrogens is 4. The van der Waals surface area contributed by atoms with Crippen molar-refractivity contribution < 1.29 is 80.5 Å². The number of imidazole rings is 1. The first kappa shape index (κ1) is 60.6. The average Bonchev–Trinajstić information content (AvgIpc) is 3.80. The quantitative estimate of drug-likeness (QED) is 0.0263. The lowest BCUT2D eigenvalue weighted by Crippen LogP contribution is -2.46. The zero-order valence-corrected chi connectivity index (χ0v) is 43.7. The van der Waals surface area contributed by atoms with Crippen LogP contribution >= 0.6 is 35.2 Å².